The summed E-state index contributed by atoms with van der Waals surface area (Å²) in [6.45, 7) is 2.93. The lowest BCUT2D eigenvalue weighted by Crippen LogP contribution is -2.22. The minimum absolute atomic E-state index is 0.173. The van der Waals surface area contributed by atoms with Crippen LogP contribution < -0.4 is 5.32 Å². The van der Waals surface area contributed by atoms with Crippen molar-refractivity contribution < 1.29 is 0 Å². The first-order valence-electron chi connectivity index (χ1n) is 5.09. The largest absolute Gasteiger partial charge is 0.299 e. The molecule has 1 unspecified atom stereocenters. The van der Waals surface area contributed by atoms with Crippen molar-refractivity contribution in [2.75, 3.05) is 0 Å². The number of rotatable bonds is 3. The molecule has 1 aliphatic rings. The van der Waals surface area contributed by atoms with E-state index < -0.39 is 0 Å². The predicted octanol–water partition coefficient (Wildman–Crippen LogP) is 2.35. The quantitative estimate of drug-likeness (QED) is 0.747. The van der Waals surface area contributed by atoms with Crippen molar-refractivity contribution in [2.45, 2.75) is 38.8 Å². The van der Waals surface area contributed by atoms with E-state index in [2.05, 4.69) is 17.3 Å². The number of fused-ring (bicyclic) bond motifs is 1. The normalized spacial score (nSPS) is 16.3. The summed E-state index contributed by atoms with van der Waals surface area (Å²) in [4.78, 5) is 3.02. The van der Waals surface area contributed by atoms with E-state index in [0.29, 0.717) is 0 Å². The van der Waals surface area contributed by atoms with Crippen LogP contribution in [0.2, 0.25) is 0 Å². The fraction of sp³-hybridized carbons (Fsp3) is 0.500. The summed E-state index contributed by atoms with van der Waals surface area (Å²) in [5.41, 5.74) is 1.57. The third kappa shape index (κ3) is 2.00. The van der Waals surface area contributed by atoms with E-state index in [0.717, 1.165) is 6.54 Å². The molecule has 1 aromatic heterocycles. The van der Waals surface area contributed by atoms with Crippen LogP contribution in [0.15, 0.2) is 6.07 Å². The van der Waals surface area contributed by atoms with Crippen molar-refractivity contribution in [3.63, 3.8) is 0 Å². The maximum Gasteiger partial charge on any atom is 0.0661 e. The summed E-state index contributed by atoms with van der Waals surface area (Å²) in [6, 6.07) is 2.51. The molecule has 2 rings (SSSR count). The topological polar surface area (TPSA) is 12.0 Å². The Hall–Kier alpha value is -0.780. The van der Waals surface area contributed by atoms with Crippen molar-refractivity contribution in [3.05, 3.63) is 21.4 Å². The Bertz CT molecular complexity index is 337. The zero-order valence-corrected chi connectivity index (χ0v) is 9.29. The number of thiophene rings is 1. The maximum atomic E-state index is 5.30. The molecule has 0 saturated carbocycles. The molecule has 2 heteroatoms. The van der Waals surface area contributed by atoms with E-state index in [9.17, 15) is 0 Å². The fourth-order valence-electron chi connectivity index (χ4n) is 1.79. The lowest BCUT2D eigenvalue weighted by molar-refractivity contribution is 0.654. The molecule has 0 aromatic carbocycles. The van der Waals surface area contributed by atoms with Crippen LogP contribution in [-0.2, 0) is 19.4 Å². The molecule has 1 aliphatic carbocycles. The van der Waals surface area contributed by atoms with Crippen LogP contribution in [0, 0.1) is 12.3 Å². The number of aryl methyl sites for hydroxylation is 2. The van der Waals surface area contributed by atoms with E-state index in [-0.39, 0.29) is 6.04 Å². The molecule has 1 N–H and O–H groups in total. The third-order valence-electron chi connectivity index (χ3n) is 2.63. The molecule has 0 radical (unpaired) electrons. The summed E-state index contributed by atoms with van der Waals surface area (Å²) in [5, 5.41) is 3.31. The van der Waals surface area contributed by atoms with Gasteiger partial charge in [-0.3, -0.25) is 5.32 Å². The van der Waals surface area contributed by atoms with Crippen molar-refractivity contribution in [2.24, 2.45) is 0 Å². The van der Waals surface area contributed by atoms with E-state index >= 15 is 0 Å². The fourth-order valence-corrected chi connectivity index (χ4v) is 3.00. The SMILES string of the molecule is C#CC(C)NCc1cc2c(s1)CCC2. The van der Waals surface area contributed by atoms with Gasteiger partial charge in [-0.05, 0) is 37.8 Å². The summed E-state index contributed by atoms with van der Waals surface area (Å²) in [5.74, 6) is 2.68. The number of terminal acetylenes is 1. The molecule has 0 aliphatic heterocycles. The van der Waals surface area contributed by atoms with E-state index in [1.54, 1.807) is 10.4 Å². The monoisotopic (exact) mass is 205 g/mol. The van der Waals surface area contributed by atoms with E-state index in [1.165, 1.54) is 24.1 Å². The van der Waals surface area contributed by atoms with Gasteiger partial charge in [0, 0.05) is 16.3 Å². The zero-order valence-electron chi connectivity index (χ0n) is 8.47. The zero-order chi connectivity index (χ0) is 9.97. The number of hydrogen-bond acceptors (Lipinski definition) is 2. The van der Waals surface area contributed by atoms with Crippen LogP contribution in [0.1, 0.15) is 28.7 Å². The maximum absolute atomic E-state index is 5.30. The highest BCUT2D eigenvalue weighted by atomic mass is 32.1. The first kappa shape index (κ1) is 9.76. The van der Waals surface area contributed by atoms with Gasteiger partial charge < -0.3 is 0 Å². The van der Waals surface area contributed by atoms with Crippen molar-refractivity contribution in [1.29, 1.82) is 0 Å². The van der Waals surface area contributed by atoms with Crippen LogP contribution >= 0.6 is 11.3 Å². The average molecular weight is 205 g/mol. The Balaban J connectivity index is 1.95. The van der Waals surface area contributed by atoms with Gasteiger partial charge in [-0.25, -0.2) is 0 Å². The Labute approximate surface area is 89.5 Å². The van der Waals surface area contributed by atoms with Crippen LogP contribution in [0.3, 0.4) is 0 Å². The van der Waals surface area contributed by atoms with Crippen molar-refractivity contribution in [1.82, 2.24) is 5.32 Å². The molecule has 0 amide bonds. The molecule has 1 nitrogen and oxygen atoms in total. The van der Waals surface area contributed by atoms with Gasteiger partial charge in [0.05, 0.1) is 6.04 Å². The predicted molar refractivity (Wildman–Crippen MR) is 61.5 cm³/mol. The standard InChI is InChI=1S/C12H15NS/c1-3-9(2)13-8-11-7-10-5-4-6-12(10)14-11/h1,7,9,13H,4-6,8H2,2H3. The minimum atomic E-state index is 0.173. The first-order valence-corrected chi connectivity index (χ1v) is 5.91. The second-order valence-electron chi connectivity index (χ2n) is 3.78. The lowest BCUT2D eigenvalue weighted by atomic mass is 10.2. The van der Waals surface area contributed by atoms with Crippen molar-refractivity contribution in [3.8, 4) is 12.3 Å². The molecule has 1 atom stereocenters. The highest BCUT2D eigenvalue weighted by molar-refractivity contribution is 7.12. The van der Waals surface area contributed by atoms with Gasteiger partial charge in [-0.15, -0.1) is 17.8 Å². The van der Waals surface area contributed by atoms with E-state index in [4.69, 9.17) is 6.42 Å². The van der Waals surface area contributed by atoms with Crippen LogP contribution in [-0.4, -0.2) is 6.04 Å². The molecule has 0 spiro atoms. The minimum Gasteiger partial charge on any atom is -0.299 e. The van der Waals surface area contributed by atoms with Gasteiger partial charge in [0.15, 0.2) is 0 Å². The molecule has 1 heterocycles. The lowest BCUT2D eigenvalue weighted by Gasteiger charge is -2.04. The smallest absolute Gasteiger partial charge is 0.0661 e. The summed E-state index contributed by atoms with van der Waals surface area (Å²) < 4.78 is 0. The summed E-state index contributed by atoms with van der Waals surface area (Å²) in [7, 11) is 0. The Morgan fingerprint density at radius 3 is 3.21 bits per heavy atom. The van der Waals surface area contributed by atoms with Crippen molar-refractivity contribution >= 4 is 11.3 Å². The highest BCUT2D eigenvalue weighted by Crippen LogP contribution is 2.30. The molecule has 14 heavy (non-hydrogen) atoms. The average Bonchev–Trinajstić information content (AvgIpc) is 2.73. The first-order chi connectivity index (χ1) is 6.79. The molecule has 0 bridgehead atoms. The second-order valence-corrected chi connectivity index (χ2v) is 5.01. The van der Waals surface area contributed by atoms with Gasteiger partial charge >= 0.3 is 0 Å². The van der Waals surface area contributed by atoms with Gasteiger partial charge in [-0.1, -0.05) is 5.92 Å². The molecule has 0 saturated heterocycles. The second kappa shape index (κ2) is 4.16. The van der Waals surface area contributed by atoms with Gasteiger partial charge in [0.2, 0.25) is 0 Å². The van der Waals surface area contributed by atoms with Crippen LogP contribution in [0.5, 0.6) is 0 Å². The molecular formula is C12H15NS. The Morgan fingerprint density at radius 1 is 1.64 bits per heavy atom. The summed E-state index contributed by atoms with van der Waals surface area (Å²) >= 11 is 1.94. The van der Waals surface area contributed by atoms with E-state index in [1.807, 2.05) is 18.3 Å². The van der Waals surface area contributed by atoms with Gasteiger partial charge in [0.1, 0.15) is 0 Å². The number of nitrogens with one attached hydrogen (secondary N) is 1. The Morgan fingerprint density at radius 2 is 2.50 bits per heavy atom. The van der Waals surface area contributed by atoms with Crippen LogP contribution in [0.4, 0.5) is 0 Å². The molecule has 0 fully saturated rings. The Kier molecular flexibility index (Phi) is 2.90. The third-order valence-corrected chi connectivity index (χ3v) is 3.87. The molecule has 74 valence electrons. The van der Waals surface area contributed by atoms with Crippen LogP contribution in [0.25, 0.3) is 0 Å². The van der Waals surface area contributed by atoms with Gasteiger partial charge in [-0.2, -0.15) is 0 Å². The highest BCUT2D eigenvalue weighted by Gasteiger charge is 2.14. The summed E-state index contributed by atoms with van der Waals surface area (Å²) in [6.07, 6.45) is 9.20. The molecular weight excluding hydrogens is 190 g/mol. The number of hydrogen-bond donors (Lipinski definition) is 1. The van der Waals surface area contributed by atoms with Gasteiger partial charge in [0.25, 0.3) is 0 Å². The molecule has 1 aromatic rings.